The quantitative estimate of drug-likeness (QED) is 0.868. The van der Waals surface area contributed by atoms with Crippen LogP contribution >= 0.6 is 0 Å². The van der Waals surface area contributed by atoms with Crippen molar-refractivity contribution >= 4 is 0 Å². The summed E-state index contributed by atoms with van der Waals surface area (Å²) in [4.78, 5) is 14.0. The Hall–Kier alpha value is -1.72. The number of hydrogen-bond acceptors (Lipinski definition) is 4. The highest BCUT2D eigenvalue weighted by molar-refractivity contribution is 5.11. The average Bonchev–Trinajstić information content (AvgIpc) is 2.98. The number of aromatic nitrogens is 3. The van der Waals surface area contributed by atoms with E-state index in [9.17, 15) is 0 Å². The molecule has 5 heteroatoms. The Morgan fingerprint density at radius 2 is 1.70 bits per heavy atom. The smallest absolute Gasteiger partial charge is 0.123 e. The molecule has 0 atom stereocenters. The fourth-order valence-electron chi connectivity index (χ4n) is 3.67. The summed E-state index contributed by atoms with van der Waals surface area (Å²) in [5, 5.41) is 0. The number of hydrogen-bond donors (Lipinski definition) is 0. The van der Waals surface area contributed by atoms with E-state index in [-0.39, 0.29) is 0 Å². The minimum Gasteiger partial charge on any atom is -0.332 e. The van der Waals surface area contributed by atoms with Gasteiger partial charge in [0.1, 0.15) is 5.82 Å². The van der Waals surface area contributed by atoms with Crippen LogP contribution in [0, 0.1) is 0 Å². The first kappa shape index (κ1) is 14.8. The molecule has 0 bridgehead atoms. The highest BCUT2D eigenvalue weighted by Gasteiger charge is 2.20. The highest BCUT2D eigenvalue weighted by atomic mass is 15.2. The first-order chi connectivity index (χ1) is 11.4. The third kappa shape index (κ3) is 3.62. The molecule has 4 rings (SSSR count). The fraction of sp³-hybridized carbons (Fsp3) is 0.556. The van der Waals surface area contributed by atoms with Gasteiger partial charge in [-0.25, -0.2) is 4.98 Å². The second-order valence-corrected chi connectivity index (χ2v) is 6.74. The van der Waals surface area contributed by atoms with E-state index in [4.69, 9.17) is 4.98 Å². The summed E-state index contributed by atoms with van der Waals surface area (Å²) < 4.78 is 2.35. The normalized spacial score (nSPS) is 19.7. The lowest BCUT2D eigenvalue weighted by Gasteiger charge is -2.27. The molecule has 5 nitrogen and oxygen atoms in total. The third-order valence-electron chi connectivity index (χ3n) is 4.92. The number of fused-ring (bicyclic) bond motifs is 1. The van der Waals surface area contributed by atoms with Crippen molar-refractivity contribution in [2.24, 2.45) is 0 Å². The molecule has 2 aromatic rings. The largest absolute Gasteiger partial charge is 0.332 e. The molecule has 0 radical (unpaired) electrons. The molecule has 2 aliphatic rings. The van der Waals surface area contributed by atoms with E-state index < -0.39 is 0 Å². The van der Waals surface area contributed by atoms with E-state index in [0.717, 1.165) is 32.7 Å². The van der Waals surface area contributed by atoms with Gasteiger partial charge in [-0.3, -0.25) is 14.8 Å². The van der Waals surface area contributed by atoms with Crippen molar-refractivity contribution in [2.45, 2.75) is 45.4 Å². The van der Waals surface area contributed by atoms with Gasteiger partial charge in [-0.15, -0.1) is 0 Å². The molecule has 0 aliphatic carbocycles. The van der Waals surface area contributed by atoms with Crippen LogP contribution in [0.3, 0.4) is 0 Å². The average molecular weight is 311 g/mol. The molecule has 1 fully saturated rings. The van der Waals surface area contributed by atoms with Gasteiger partial charge >= 0.3 is 0 Å². The zero-order chi connectivity index (χ0) is 15.5. The van der Waals surface area contributed by atoms with Gasteiger partial charge in [0.25, 0.3) is 0 Å². The van der Waals surface area contributed by atoms with Crippen LogP contribution in [-0.4, -0.2) is 44.0 Å². The third-order valence-corrected chi connectivity index (χ3v) is 4.92. The van der Waals surface area contributed by atoms with Gasteiger partial charge in [-0.05, 0) is 43.6 Å². The number of rotatable bonds is 4. The number of piperidine rings is 1. The Bertz CT molecular complexity index is 630. The van der Waals surface area contributed by atoms with Gasteiger partial charge in [-0.1, -0.05) is 6.42 Å². The first-order valence-electron chi connectivity index (χ1n) is 8.75. The van der Waals surface area contributed by atoms with Crippen LogP contribution < -0.4 is 0 Å². The van der Waals surface area contributed by atoms with Crippen molar-refractivity contribution in [3.05, 3.63) is 47.8 Å². The number of likely N-dealkylation sites (tertiary alicyclic amines) is 1. The van der Waals surface area contributed by atoms with Crippen LogP contribution in [0.25, 0.3) is 0 Å². The Labute approximate surface area is 138 Å². The molecule has 0 saturated carbocycles. The molecule has 2 aromatic heterocycles. The van der Waals surface area contributed by atoms with E-state index in [2.05, 4.69) is 37.7 Å². The Kier molecular flexibility index (Phi) is 4.39. The van der Waals surface area contributed by atoms with E-state index in [1.807, 2.05) is 12.4 Å². The summed E-state index contributed by atoms with van der Waals surface area (Å²) in [6.07, 6.45) is 10.1. The Balaban J connectivity index is 1.39. The molecular formula is C18H25N5. The second-order valence-electron chi connectivity index (χ2n) is 6.74. The van der Waals surface area contributed by atoms with Crippen LogP contribution in [0.2, 0.25) is 0 Å². The minimum absolute atomic E-state index is 0.947. The monoisotopic (exact) mass is 311 g/mol. The molecule has 122 valence electrons. The maximum absolute atomic E-state index is 4.90. The molecule has 4 heterocycles. The summed E-state index contributed by atoms with van der Waals surface area (Å²) in [5.74, 6) is 1.22. The molecule has 0 spiro atoms. The Morgan fingerprint density at radius 1 is 0.870 bits per heavy atom. The van der Waals surface area contributed by atoms with Crippen LogP contribution in [0.1, 0.15) is 36.3 Å². The molecular weight excluding hydrogens is 286 g/mol. The molecule has 1 saturated heterocycles. The Morgan fingerprint density at radius 3 is 2.52 bits per heavy atom. The van der Waals surface area contributed by atoms with Gasteiger partial charge in [-0.2, -0.15) is 0 Å². The van der Waals surface area contributed by atoms with E-state index in [1.165, 1.54) is 49.4 Å². The minimum atomic E-state index is 0.947. The molecule has 0 aromatic carbocycles. The van der Waals surface area contributed by atoms with Crippen LogP contribution in [0.4, 0.5) is 0 Å². The van der Waals surface area contributed by atoms with Gasteiger partial charge in [0.15, 0.2) is 0 Å². The summed E-state index contributed by atoms with van der Waals surface area (Å²) in [6.45, 7) is 7.55. The number of pyridine rings is 1. The second kappa shape index (κ2) is 6.81. The van der Waals surface area contributed by atoms with Gasteiger partial charge in [0, 0.05) is 44.8 Å². The van der Waals surface area contributed by atoms with Crippen molar-refractivity contribution in [2.75, 3.05) is 19.6 Å². The van der Waals surface area contributed by atoms with Crippen molar-refractivity contribution in [1.82, 2.24) is 24.3 Å². The fourth-order valence-corrected chi connectivity index (χ4v) is 3.67. The predicted molar refractivity (Wildman–Crippen MR) is 89.7 cm³/mol. The molecule has 0 N–H and O–H groups in total. The summed E-state index contributed by atoms with van der Waals surface area (Å²) in [7, 11) is 0. The van der Waals surface area contributed by atoms with E-state index >= 15 is 0 Å². The van der Waals surface area contributed by atoms with Crippen molar-refractivity contribution in [3.63, 3.8) is 0 Å². The molecule has 2 aliphatic heterocycles. The zero-order valence-corrected chi connectivity index (χ0v) is 13.7. The van der Waals surface area contributed by atoms with Gasteiger partial charge < -0.3 is 4.57 Å². The molecule has 23 heavy (non-hydrogen) atoms. The van der Waals surface area contributed by atoms with Crippen molar-refractivity contribution in [3.8, 4) is 0 Å². The predicted octanol–water partition coefficient (Wildman–Crippen LogP) is 2.28. The lowest BCUT2D eigenvalue weighted by Crippen LogP contribution is -2.33. The number of nitrogens with zero attached hydrogens (tertiary/aromatic N) is 5. The van der Waals surface area contributed by atoms with Crippen LogP contribution in [0.5, 0.6) is 0 Å². The molecule has 0 amide bonds. The topological polar surface area (TPSA) is 37.2 Å². The molecule has 0 unspecified atom stereocenters. The summed E-state index contributed by atoms with van der Waals surface area (Å²) >= 11 is 0. The summed E-state index contributed by atoms with van der Waals surface area (Å²) in [5.41, 5.74) is 2.57. The van der Waals surface area contributed by atoms with Gasteiger partial charge in [0.05, 0.1) is 12.2 Å². The zero-order valence-electron chi connectivity index (χ0n) is 13.7. The highest BCUT2D eigenvalue weighted by Crippen LogP contribution is 2.17. The van der Waals surface area contributed by atoms with Crippen molar-refractivity contribution in [1.29, 1.82) is 0 Å². The van der Waals surface area contributed by atoms with Crippen LogP contribution in [0.15, 0.2) is 30.7 Å². The first-order valence-corrected chi connectivity index (χ1v) is 8.75. The maximum atomic E-state index is 4.90. The van der Waals surface area contributed by atoms with E-state index in [1.54, 1.807) is 0 Å². The SMILES string of the molecule is c1cc(CN2CCn3cc(CN4CCCCC4)nc3C2)ccn1. The summed E-state index contributed by atoms with van der Waals surface area (Å²) in [6, 6.07) is 4.20. The lowest BCUT2D eigenvalue weighted by molar-refractivity contribution is 0.208. The lowest BCUT2D eigenvalue weighted by atomic mass is 10.1. The number of imidazole rings is 1. The van der Waals surface area contributed by atoms with Crippen molar-refractivity contribution < 1.29 is 0 Å². The van der Waals surface area contributed by atoms with Crippen LogP contribution in [-0.2, 0) is 26.2 Å². The maximum Gasteiger partial charge on any atom is 0.123 e. The van der Waals surface area contributed by atoms with E-state index in [0.29, 0.717) is 0 Å². The van der Waals surface area contributed by atoms with Gasteiger partial charge in [0.2, 0.25) is 0 Å². The standard InChI is InChI=1S/C18H25N5/c1-2-8-21(9-3-1)13-17-14-23-11-10-22(15-18(23)20-17)12-16-4-6-19-7-5-16/h4-7,14H,1-3,8-13,15H2.